The van der Waals surface area contributed by atoms with Crippen LogP contribution in [-0.4, -0.2) is 28.4 Å². The highest BCUT2D eigenvalue weighted by atomic mass is 16.2. The lowest BCUT2D eigenvalue weighted by atomic mass is 10.1. The number of aryl methyl sites for hydroxylation is 1. The van der Waals surface area contributed by atoms with E-state index in [1.807, 2.05) is 47.9 Å². The molecule has 1 aromatic carbocycles. The Bertz CT molecular complexity index is 892. The van der Waals surface area contributed by atoms with Crippen molar-refractivity contribution in [1.29, 1.82) is 0 Å². The van der Waals surface area contributed by atoms with Crippen LogP contribution in [0.1, 0.15) is 35.4 Å². The molecule has 3 heterocycles. The van der Waals surface area contributed by atoms with Crippen molar-refractivity contribution in [3.63, 3.8) is 0 Å². The minimum Gasteiger partial charge on any atom is -0.372 e. The van der Waals surface area contributed by atoms with Crippen LogP contribution < -0.4 is 10.2 Å². The number of nitrogens with zero attached hydrogens (tertiary/aromatic N) is 3. The van der Waals surface area contributed by atoms with E-state index < -0.39 is 0 Å². The van der Waals surface area contributed by atoms with Crippen LogP contribution in [0.3, 0.4) is 0 Å². The molecule has 1 N–H and O–H groups in total. The van der Waals surface area contributed by atoms with Crippen molar-refractivity contribution >= 4 is 22.9 Å². The molecule has 0 bridgehead atoms. The first kappa shape index (κ1) is 15.7. The first-order valence-electron chi connectivity index (χ1n) is 8.82. The van der Waals surface area contributed by atoms with E-state index in [1.165, 1.54) is 24.9 Å². The maximum absolute atomic E-state index is 12.7. The Kier molecular flexibility index (Phi) is 4.14. The molecule has 1 fully saturated rings. The Morgan fingerprint density at radius 2 is 1.80 bits per heavy atom. The van der Waals surface area contributed by atoms with Gasteiger partial charge >= 0.3 is 0 Å². The van der Waals surface area contributed by atoms with Crippen LogP contribution in [0.2, 0.25) is 0 Å². The van der Waals surface area contributed by atoms with Crippen molar-refractivity contribution in [3.05, 3.63) is 60.0 Å². The zero-order valence-electron chi connectivity index (χ0n) is 14.4. The fourth-order valence-electron chi connectivity index (χ4n) is 3.49. The number of amides is 1. The van der Waals surface area contributed by atoms with E-state index in [0.717, 1.165) is 30.1 Å². The van der Waals surface area contributed by atoms with E-state index in [4.69, 9.17) is 0 Å². The average molecular weight is 334 g/mol. The molecule has 1 saturated heterocycles. The number of rotatable bonds is 3. The number of imidazole rings is 1. The standard InChI is InChI=1S/C20H22N4O/c1-15-19(24-14-6-3-7-18(24)21-15)20(25)22-16-8-10-17(11-9-16)23-12-4-2-5-13-23/h3,6-11,14H,2,4-5,12-13H2,1H3,(H,22,25). The fourth-order valence-corrected chi connectivity index (χ4v) is 3.49. The summed E-state index contributed by atoms with van der Waals surface area (Å²) >= 11 is 0. The van der Waals surface area contributed by atoms with Crippen molar-refractivity contribution in [1.82, 2.24) is 9.38 Å². The molecule has 0 radical (unpaired) electrons. The van der Waals surface area contributed by atoms with E-state index >= 15 is 0 Å². The van der Waals surface area contributed by atoms with Crippen molar-refractivity contribution < 1.29 is 4.79 Å². The fraction of sp³-hybridized carbons (Fsp3) is 0.300. The molecule has 1 aliphatic rings. The lowest BCUT2D eigenvalue weighted by Gasteiger charge is -2.28. The summed E-state index contributed by atoms with van der Waals surface area (Å²) < 4.78 is 1.83. The van der Waals surface area contributed by atoms with Crippen molar-refractivity contribution in [2.45, 2.75) is 26.2 Å². The quantitative estimate of drug-likeness (QED) is 0.791. The summed E-state index contributed by atoms with van der Waals surface area (Å²) in [5.74, 6) is -0.137. The lowest BCUT2D eigenvalue weighted by Crippen LogP contribution is -2.29. The third kappa shape index (κ3) is 3.09. The SMILES string of the molecule is Cc1nc2ccccn2c1C(=O)Nc1ccc(N2CCCCC2)cc1. The van der Waals surface area contributed by atoms with Crippen LogP contribution in [0.25, 0.3) is 5.65 Å². The summed E-state index contributed by atoms with van der Waals surface area (Å²) in [7, 11) is 0. The van der Waals surface area contributed by atoms with Crippen LogP contribution in [0, 0.1) is 6.92 Å². The first-order valence-corrected chi connectivity index (χ1v) is 8.82. The summed E-state index contributed by atoms with van der Waals surface area (Å²) in [6.45, 7) is 4.10. The zero-order valence-corrected chi connectivity index (χ0v) is 14.4. The van der Waals surface area contributed by atoms with Gasteiger partial charge in [-0.15, -0.1) is 0 Å². The van der Waals surface area contributed by atoms with Gasteiger partial charge in [0.25, 0.3) is 5.91 Å². The van der Waals surface area contributed by atoms with Crippen molar-refractivity contribution in [3.8, 4) is 0 Å². The number of piperidine rings is 1. The van der Waals surface area contributed by atoms with Crippen LogP contribution >= 0.6 is 0 Å². The number of fused-ring (bicyclic) bond motifs is 1. The third-order valence-electron chi connectivity index (χ3n) is 4.77. The smallest absolute Gasteiger partial charge is 0.274 e. The summed E-state index contributed by atoms with van der Waals surface area (Å²) in [5, 5.41) is 2.99. The van der Waals surface area contributed by atoms with Gasteiger partial charge in [-0.05, 0) is 62.6 Å². The molecule has 2 aromatic heterocycles. The topological polar surface area (TPSA) is 49.6 Å². The molecule has 0 unspecified atom stereocenters. The van der Waals surface area contributed by atoms with Gasteiger partial charge in [0, 0.05) is 30.7 Å². The average Bonchev–Trinajstić information content (AvgIpc) is 2.99. The number of carbonyl (C=O) groups is 1. The second kappa shape index (κ2) is 6.59. The van der Waals surface area contributed by atoms with Crippen molar-refractivity contribution in [2.75, 3.05) is 23.3 Å². The molecule has 128 valence electrons. The van der Waals surface area contributed by atoms with Crippen LogP contribution in [-0.2, 0) is 0 Å². The predicted octanol–water partition coefficient (Wildman–Crippen LogP) is 3.89. The molecule has 1 aliphatic heterocycles. The monoisotopic (exact) mass is 334 g/mol. The van der Waals surface area contributed by atoms with Gasteiger partial charge in [-0.3, -0.25) is 9.20 Å². The molecule has 0 saturated carbocycles. The normalized spacial score (nSPS) is 14.7. The van der Waals surface area contributed by atoms with E-state index in [9.17, 15) is 4.79 Å². The molecule has 0 spiro atoms. The van der Waals surface area contributed by atoms with Crippen molar-refractivity contribution in [2.24, 2.45) is 0 Å². The van der Waals surface area contributed by atoms with Gasteiger partial charge < -0.3 is 10.2 Å². The zero-order chi connectivity index (χ0) is 17.2. The van der Waals surface area contributed by atoms with Gasteiger partial charge in [0.05, 0.1) is 5.69 Å². The van der Waals surface area contributed by atoms with E-state index in [0.29, 0.717) is 5.69 Å². The number of aromatic nitrogens is 2. The Balaban J connectivity index is 1.53. The highest BCUT2D eigenvalue weighted by Gasteiger charge is 2.17. The molecule has 25 heavy (non-hydrogen) atoms. The molecule has 0 atom stereocenters. The molecule has 0 aliphatic carbocycles. The Morgan fingerprint density at radius 1 is 1.04 bits per heavy atom. The van der Waals surface area contributed by atoms with Gasteiger partial charge in [0.2, 0.25) is 0 Å². The number of hydrogen-bond acceptors (Lipinski definition) is 3. The van der Waals surface area contributed by atoms with E-state index in [2.05, 4.69) is 27.3 Å². The van der Waals surface area contributed by atoms with E-state index in [1.54, 1.807) is 0 Å². The lowest BCUT2D eigenvalue weighted by molar-refractivity contribution is 0.102. The summed E-state index contributed by atoms with van der Waals surface area (Å²) in [6.07, 6.45) is 5.70. The van der Waals surface area contributed by atoms with Gasteiger partial charge in [-0.25, -0.2) is 4.98 Å². The van der Waals surface area contributed by atoms with Gasteiger partial charge in [-0.2, -0.15) is 0 Å². The van der Waals surface area contributed by atoms with Crippen LogP contribution in [0.4, 0.5) is 11.4 Å². The van der Waals surface area contributed by atoms with Gasteiger partial charge in [0.15, 0.2) is 0 Å². The second-order valence-electron chi connectivity index (χ2n) is 6.52. The Morgan fingerprint density at radius 3 is 2.56 bits per heavy atom. The Labute approximate surface area is 147 Å². The number of benzene rings is 1. The summed E-state index contributed by atoms with van der Waals surface area (Å²) in [6, 6.07) is 13.8. The number of carbonyl (C=O) groups excluding carboxylic acids is 1. The largest absolute Gasteiger partial charge is 0.372 e. The number of nitrogens with one attached hydrogen (secondary N) is 1. The van der Waals surface area contributed by atoms with E-state index in [-0.39, 0.29) is 5.91 Å². The number of hydrogen-bond donors (Lipinski definition) is 1. The highest BCUT2D eigenvalue weighted by Crippen LogP contribution is 2.22. The molecule has 1 amide bonds. The first-order chi connectivity index (χ1) is 12.2. The molecular weight excluding hydrogens is 312 g/mol. The minimum absolute atomic E-state index is 0.137. The summed E-state index contributed by atoms with van der Waals surface area (Å²) in [4.78, 5) is 19.6. The van der Waals surface area contributed by atoms with Gasteiger partial charge in [-0.1, -0.05) is 6.07 Å². The summed E-state index contributed by atoms with van der Waals surface area (Å²) in [5.41, 5.74) is 4.12. The number of anilines is 2. The third-order valence-corrected chi connectivity index (χ3v) is 4.77. The molecule has 4 rings (SSSR count). The molecule has 5 nitrogen and oxygen atoms in total. The van der Waals surface area contributed by atoms with Crippen LogP contribution in [0.5, 0.6) is 0 Å². The Hall–Kier alpha value is -2.82. The molecular formula is C20H22N4O. The van der Waals surface area contributed by atoms with Crippen LogP contribution in [0.15, 0.2) is 48.7 Å². The van der Waals surface area contributed by atoms with Gasteiger partial charge in [0.1, 0.15) is 11.3 Å². The number of pyridine rings is 1. The maximum atomic E-state index is 12.7. The highest BCUT2D eigenvalue weighted by molar-refractivity contribution is 6.04. The predicted molar refractivity (Wildman–Crippen MR) is 100 cm³/mol. The second-order valence-corrected chi connectivity index (χ2v) is 6.52. The maximum Gasteiger partial charge on any atom is 0.274 e. The molecule has 5 heteroatoms. The minimum atomic E-state index is -0.137. The molecule has 3 aromatic rings.